The first-order valence-corrected chi connectivity index (χ1v) is 8.81. The van der Waals surface area contributed by atoms with Gasteiger partial charge in [0.05, 0.1) is 10.9 Å². The van der Waals surface area contributed by atoms with Crippen molar-refractivity contribution in [3.63, 3.8) is 0 Å². The number of carbonyl (C=O) groups excluding carboxylic acids is 1. The molecule has 5 nitrogen and oxygen atoms in total. The minimum absolute atomic E-state index is 0.110. The van der Waals surface area contributed by atoms with E-state index >= 15 is 0 Å². The van der Waals surface area contributed by atoms with Gasteiger partial charge in [-0.3, -0.25) is 4.79 Å². The summed E-state index contributed by atoms with van der Waals surface area (Å²) < 4.78 is 26.8. The van der Waals surface area contributed by atoms with Crippen LogP contribution in [0.4, 0.5) is 5.69 Å². The largest absolute Gasteiger partial charge is 0.324 e. The number of rotatable bonds is 5. The van der Waals surface area contributed by atoms with E-state index in [0.29, 0.717) is 10.7 Å². The summed E-state index contributed by atoms with van der Waals surface area (Å²) in [6.07, 6.45) is 0. The molecule has 0 aliphatic rings. The van der Waals surface area contributed by atoms with E-state index in [1.807, 2.05) is 0 Å². The molecule has 23 heavy (non-hydrogen) atoms. The Labute approximate surface area is 140 Å². The summed E-state index contributed by atoms with van der Waals surface area (Å²) in [5.41, 5.74) is 1.27. The molecule has 0 spiro atoms. The summed E-state index contributed by atoms with van der Waals surface area (Å²) in [6.45, 7) is 3.26. The third-order valence-electron chi connectivity index (χ3n) is 3.30. The van der Waals surface area contributed by atoms with Crippen molar-refractivity contribution in [1.29, 1.82) is 0 Å². The third-order valence-corrected chi connectivity index (χ3v) is 5.27. The lowest BCUT2D eigenvalue weighted by atomic mass is 10.2. The van der Waals surface area contributed by atoms with E-state index < -0.39 is 22.0 Å². The normalized spacial score (nSPS) is 12.7. The average Bonchev–Trinajstić information content (AvgIpc) is 2.52. The number of carbonyl (C=O) groups is 1. The third kappa shape index (κ3) is 4.31. The SMILES string of the molecule is Cc1c(Cl)cccc1NC(=O)[C@H](C)NS(=O)(=O)c1ccccc1. The van der Waals surface area contributed by atoms with Crippen LogP contribution in [-0.4, -0.2) is 20.4 Å². The second-order valence-electron chi connectivity index (χ2n) is 5.06. The lowest BCUT2D eigenvalue weighted by molar-refractivity contribution is -0.117. The first-order valence-electron chi connectivity index (χ1n) is 6.94. The van der Waals surface area contributed by atoms with Gasteiger partial charge < -0.3 is 5.32 Å². The molecule has 0 aromatic heterocycles. The minimum Gasteiger partial charge on any atom is -0.324 e. The lowest BCUT2D eigenvalue weighted by Crippen LogP contribution is -2.41. The van der Waals surface area contributed by atoms with Gasteiger partial charge in [-0.15, -0.1) is 0 Å². The number of amides is 1. The molecule has 0 heterocycles. The van der Waals surface area contributed by atoms with Crippen LogP contribution in [0.3, 0.4) is 0 Å². The predicted molar refractivity (Wildman–Crippen MR) is 91.0 cm³/mol. The Kier molecular flexibility index (Phi) is 5.41. The summed E-state index contributed by atoms with van der Waals surface area (Å²) in [5, 5.41) is 3.20. The van der Waals surface area contributed by atoms with Crippen molar-refractivity contribution in [2.24, 2.45) is 0 Å². The molecule has 0 radical (unpaired) electrons. The van der Waals surface area contributed by atoms with Gasteiger partial charge in [0, 0.05) is 10.7 Å². The van der Waals surface area contributed by atoms with Crippen LogP contribution in [0.15, 0.2) is 53.4 Å². The standard InChI is InChI=1S/C16H17ClN2O3S/c1-11-14(17)9-6-10-15(11)18-16(20)12(2)19-23(21,22)13-7-4-3-5-8-13/h3-10,12,19H,1-2H3,(H,18,20)/t12-/m0/s1. The van der Waals surface area contributed by atoms with Crippen molar-refractivity contribution in [3.05, 3.63) is 59.1 Å². The number of nitrogens with one attached hydrogen (secondary N) is 2. The first-order chi connectivity index (χ1) is 10.8. The quantitative estimate of drug-likeness (QED) is 0.868. The van der Waals surface area contributed by atoms with Crippen LogP contribution in [0.25, 0.3) is 0 Å². The van der Waals surface area contributed by atoms with Gasteiger partial charge in [-0.2, -0.15) is 4.72 Å². The van der Waals surface area contributed by atoms with Crippen LogP contribution < -0.4 is 10.0 Å². The topological polar surface area (TPSA) is 75.3 Å². The maximum Gasteiger partial charge on any atom is 0.242 e. The van der Waals surface area contributed by atoms with Crippen LogP contribution in [0.1, 0.15) is 12.5 Å². The van der Waals surface area contributed by atoms with Crippen LogP contribution >= 0.6 is 11.6 Å². The molecule has 0 aliphatic carbocycles. The second kappa shape index (κ2) is 7.12. The molecule has 0 aliphatic heterocycles. The van der Waals surface area contributed by atoms with E-state index in [1.54, 1.807) is 43.3 Å². The van der Waals surface area contributed by atoms with Crippen molar-refractivity contribution in [1.82, 2.24) is 4.72 Å². The molecule has 0 saturated heterocycles. The highest BCUT2D eigenvalue weighted by Crippen LogP contribution is 2.23. The van der Waals surface area contributed by atoms with Gasteiger partial charge in [0.1, 0.15) is 0 Å². The molecular weight excluding hydrogens is 336 g/mol. The highest BCUT2D eigenvalue weighted by Gasteiger charge is 2.22. The van der Waals surface area contributed by atoms with Crippen molar-refractivity contribution in [2.75, 3.05) is 5.32 Å². The Morgan fingerprint density at radius 1 is 1.09 bits per heavy atom. The second-order valence-corrected chi connectivity index (χ2v) is 7.18. The zero-order chi connectivity index (χ0) is 17.0. The Morgan fingerprint density at radius 2 is 1.74 bits per heavy atom. The Morgan fingerprint density at radius 3 is 2.39 bits per heavy atom. The Hall–Kier alpha value is -1.89. The van der Waals surface area contributed by atoms with Crippen molar-refractivity contribution >= 4 is 33.2 Å². The van der Waals surface area contributed by atoms with Gasteiger partial charge >= 0.3 is 0 Å². The minimum atomic E-state index is -3.75. The fourth-order valence-electron chi connectivity index (χ4n) is 1.94. The zero-order valence-corrected chi connectivity index (χ0v) is 14.3. The fraction of sp³-hybridized carbons (Fsp3) is 0.188. The number of halogens is 1. The van der Waals surface area contributed by atoms with E-state index in [2.05, 4.69) is 10.0 Å². The summed E-state index contributed by atoms with van der Waals surface area (Å²) in [4.78, 5) is 12.3. The highest BCUT2D eigenvalue weighted by molar-refractivity contribution is 7.89. The van der Waals surface area contributed by atoms with Crippen molar-refractivity contribution in [3.8, 4) is 0 Å². The summed E-state index contributed by atoms with van der Waals surface area (Å²) in [6, 6.07) is 12.1. The van der Waals surface area contributed by atoms with E-state index in [0.717, 1.165) is 5.56 Å². The van der Waals surface area contributed by atoms with Crippen LogP contribution in [-0.2, 0) is 14.8 Å². The number of sulfonamides is 1. The Bertz CT molecular complexity index is 807. The van der Waals surface area contributed by atoms with Gasteiger partial charge in [0.15, 0.2) is 0 Å². The molecule has 2 rings (SSSR count). The highest BCUT2D eigenvalue weighted by atomic mass is 35.5. The van der Waals surface area contributed by atoms with Gasteiger partial charge in [0.2, 0.25) is 15.9 Å². The maximum absolute atomic E-state index is 12.2. The summed E-state index contributed by atoms with van der Waals surface area (Å²) >= 11 is 6.00. The van der Waals surface area contributed by atoms with E-state index in [1.165, 1.54) is 19.1 Å². The molecule has 122 valence electrons. The molecule has 7 heteroatoms. The van der Waals surface area contributed by atoms with Gasteiger partial charge in [-0.05, 0) is 43.7 Å². The average molecular weight is 353 g/mol. The van der Waals surface area contributed by atoms with Gasteiger partial charge in [-0.25, -0.2) is 8.42 Å². The predicted octanol–water partition coefficient (Wildman–Crippen LogP) is 2.95. The Balaban J connectivity index is 2.10. The molecule has 1 amide bonds. The van der Waals surface area contributed by atoms with Crippen LogP contribution in [0.2, 0.25) is 5.02 Å². The van der Waals surface area contributed by atoms with Crippen molar-refractivity contribution < 1.29 is 13.2 Å². The monoisotopic (exact) mass is 352 g/mol. The van der Waals surface area contributed by atoms with E-state index in [9.17, 15) is 13.2 Å². The lowest BCUT2D eigenvalue weighted by Gasteiger charge is -2.16. The van der Waals surface area contributed by atoms with Gasteiger partial charge in [-0.1, -0.05) is 35.9 Å². The number of hydrogen-bond acceptors (Lipinski definition) is 3. The first kappa shape index (κ1) is 17.5. The van der Waals surface area contributed by atoms with Crippen molar-refractivity contribution in [2.45, 2.75) is 24.8 Å². The molecule has 2 aromatic carbocycles. The van der Waals surface area contributed by atoms with Crippen LogP contribution in [0.5, 0.6) is 0 Å². The molecule has 2 N–H and O–H groups in total. The van der Waals surface area contributed by atoms with Crippen LogP contribution in [0, 0.1) is 6.92 Å². The molecule has 1 atom stereocenters. The molecule has 0 fully saturated rings. The smallest absolute Gasteiger partial charge is 0.242 e. The number of hydrogen-bond donors (Lipinski definition) is 2. The molecule has 2 aromatic rings. The van der Waals surface area contributed by atoms with E-state index in [-0.39, 0.29) is 4.90 Å². The molecule has 0 unspecified atom stereocenters. The number of anilines is 1. The fourth-order valence-corrected chi connectivity index (χ4v) is 3.34. The van der Waals surface area contributed by atoms with Gasteiger partial charge in [0.25, 0.3) is 0 Å². The molecular formula is C16H17ClN2O3S. The van der Waals surface area contributed by atoms with E-state index in [4.69, 9.17) is 11.6 Å². The maximum atomic E-state index is 12.2. The molecule has 0 saturated carbocycles. The number of benzene rings is 2. The molecule has 0 bridgehead atoms. The summed E-state index contributed by atoms with van der Waals surface area (Å²) in [5.74, 6) is -0.463. The zero-order valence-electron chi connectivity index (χ0n) is 12.7. The summed E-state index contributed by atoms with van der Waals surface area (Å²) in [7, 11) is -3.75.